The van der Waals surface area contributed by atoms with Gasteiger partial charge in [0.25, 0.3) is 5.69 Å². The molecular formula is C16H19ClN4O5. The highest BCUT2D eigenvalue weighted by atomic mass is 35.5. The normalized spacial score (nSPS) is 17.6. The van der Waals surface area contributed by atoms with Gasteiger partial charge >= 0.3 is 0 Å². The van der Waals surface area contributed by atoms with E-state index < -0.39 is 10.5 Å². The first-order valence-corrected chi connectivity index (χ1v) is 8.24. The number of nitro groups is 1. The minimum Gasteiger partial charge on any atom is -0.486 e. The number of nitrogens with zero attached hydrogens (tertiary/aromatic N) is 3. The van der Waals surface area contributed by atoms with Crippen LogP contribution >= 0.6 is 12.4 Å². The van der Waals surface area contributed by atoms with Gasteiger partial charge in [0, 0.05) is 5.56 Å². The average Bonchev–Trinajstić information content (AvgIpc) is 3.24. The summed E-state index contributed by atoms with van der Waals surface area (Å²) in [5.41, 5.74) is 6.14. The van der Waals surface area contributed by atoms with E-state index in [-0.39, 0.29) is 24.5 Å². The van der Waals surface area contributed by atoms with E-state index in [4.69, 9.17) is 19.7 Å². The van der Waals surface area contributed by atoms with E-state index in [1.807, 2.05) is 0 Å². The predicted molar refractivity (Wildman–Crippen MR) is 92.8 cm³/mol. The summed E-state index contributed by atoms with van der Waals surface area (Å²) in [5, 5.41) is 15.4. The fourth-order valence-corrected chi connectivity index (χ4v) is 3.35. The molecule has 0 spiro atoms. The lowest BCUT2D eigenvalue weighted by Crippen LogP contribution is -2.34. The molecule has 1 aliphatic carbocycles. The fourth-order valence-electron chi connectivity index (χ4n) is 3.35. The number of rotatable bonds is 4. The van der Waals surface area contributed by atoms with Crippen molar-refractivity contribution in [1.82, 2.24) is 10.1 Å². The largest absolute Gasteiger partial charge is 0.486 e. The summed E-state index contributed by atoms with van der Waals surface area (Å²) in [6.07, 6.45) is 3.84. The van der Waals surface area contributed by atoms with Crippen LogP contribution < -0.4 is 15.2 Å². The van der Waals surface area contributed by atoms with Crippen LogP contribution in [0.3, 0.4) is 0 Å². The first kappa shape index (κ1) is 18.4. The summed E-state index contributed by atoms with van der Waals surface area (Å²) in [6.45, 7) is 0.778. The van der Waals surface area contributed by atoms with Gasteiger partial charge in [0.1, 0.15) is 13.2 Å². The third-order valence-corrected chi connectivity index (χ3v) is 4.69. The van der Waals surface area contributed by atoms with E-state index in [1.54, 1.807) is 6.07 Å². The average molecular weight is 383 g/mol. The molecule has 0 saturated heterocycles. The molecule has 4 rings (SSSR count). The van der Waals surface area contributed by atoms with Gasteiger partial charge in [0.2, 0.25) is 5.89 Å². The summed E-state index contributed by atoms with van der Waals surface area (Å²) in [4.78, 5) is 15.3. The molecule has 1 aromatic heterocycles. The molecule has 2 aromatic rings. The maximum atomic E-state index is 11.4. The van der Waals surface area contributed by atoms with Crippen molar-refractivity contribution in [3.63, 3.8) is 0 Å². The first-order chi connectivity index (χ1) is 12.0. The van der Waals surface area contributed by atoms with Crippen molar-refractivity contribution >= 4 is 18.1 Å². The van der Waals surface area contributed by atoms with Crippen LogP contribution in [0, 0.1) is 10.1 Å². The molecule has 1 fully saturated rings. The van der Waals surface area contributed by atoms with Crippen molar-refractivity contribution in [1.29, 1.82) is 0 Å². The maximum absolute atomic E-state index is 11.4. The number of nitrogens with two attached hydrogens (primary N) is 1. The van der Waals surface area contributed by atoms with E-state index in [9.17, 15) is 10.1 Å². The molecule has 0 radical (unpaired) electrons. The molecule has 0 bridgehead atoms. The molecule has 10 heteroatoms. The summed E-state index contributed by atoms with van der Waals surface area (Å²) in [6, 6.07) is 2.98. The van der Waals surface area contributed by atoms with Crippen LogP contribution in [-0.2, 0) is 12.0 Å². The molecule has 1 aromatic carbocycles. The Labute approximate surface area is 155 Å². The van der Waals surface area contributed by atoms with E-state index in [2.05, 4.69) is 10.1 Å². The number of nitro benzene ring substituents is 1. The van der Waals surface area contributed by atoms with Gasteiger partial charge in [-0.25, -0.2) is 0 Å². The van der Waals surface area contributed by atoms with Crippen LogP contribution in [0.2, 0.25) is 0 Å². The first-order valence-electron chi connectivity index (χ1n) is 8.24. The number of benzene rings is 1. The van der Waals surface area contributed by atoms with Gasteiger partial charge in [-0.3, -0.25) is 10.1 Å². The van der Waals surface area contributed by atoms with Crippen molar-refractivity contribution in [3.05, 3.63) is 39.5 Å². The zero-order valence-electron chi connectivity index (χ0n) is 14.0. The second-order valence-electron chi connectivity index (χ2n) is 6.43. The van der Waals surface area contributed by atoms with Crippen LogP contribution in [0.25, 0.3) is 0 Å². The maximum Gasteiger partial charge on any atom is 0.277 e. The van der Waals surface area contributed by atoms with Gasteiger partial charge in [-0.1, -0.05) is 18.0 Å². The summed E-state index contributed by atoms with van der Waals surface area (Å²) >= 11 is 0. The van der Waals surface area contributed by atoms with Crippen molar-refractivity contribution < 1.29 is 18.9 Å². The standard InChI is InChI=1S/C16H18N4O5.ClH/c17-16(3-1-2-4-16)15-18-14(25-19-15)8-10-7-12-13(24-6-5-23-12)9-11(10)20(21)22;/h7,9H,1-6,8,17H2;1H. The molecule has 2 aliphatic rings. The lowest BCUT2D eigenvalue weighted by atomic mass is 9.98. The molecule has 1 saturated carbocycles. The van der Waals surface area contributed by atoms with Crippen LogP contribution in [0.1, 0.15) is 43.0 Å². The van der Waals surface area contributed by atoms with Crippen LogP contribution in [-0.4, -0.2) is 28.3 Å². The monoisotopic (exact) mass is 382 g/mol. The quantitative estimate of drug-likeness (QED) is 0.631. The number of halogens is 1. The molecule has 26 heavy (non-hydrogen) atoms. The number of fused-ring (bicyclic) bond motifs is 1. The Kier molecular flexibility index (Phi) is 5.01. The lowest BCUT2D eigenvalue weighted by Gasteiger charge is -2.18. The van der Waals surface area contributed by atoms with Gasteiger partial charge in [0.15, 0.2) is 17.3 Å². The van der Waals surface area contributed by atoms with Gasteiger partial charge in [-0.05, 0) is 18.9 Å². The number of aromatic nitrogens is 2. The molecule has 0 amide bonds. The SMILES string of the molecule is Cl.NC1(c2noc(Cc3cc4c(cc3[N+](=O)[O-])OCCO4)n2)CCCC1. The van der Waals surface area contributed by atoms with Crippen LogP contribution in [0.5, 0.6) is 11.5 Å². The molecule has 9 nitrogen and oxygen atoms in total. The zero-order valence-corrected chi connectivity index (χ0v) is 14.8. The second-order valence-corrected chi connectivity index (χ2v) is 6.43. The third kappa shape index (κ3) is 3.32. The highest BCUT2D eigenvalue weighted by molar-refractivity contribution is 5.85. The topological polar surface area (TPSA) is 127 Å². The Morgan fingerprint density at radius 2 is 1.85 bits per heavy atom. The molecule has 140 valence electrons. The molecular weight excluding hydrogens is 364 g/mol. The highest BCUT2D eigenvalue weighted by Crippen LogP contribution is 2.38. The van der Waals surface area contributed by atoms with E-state index in [0.717, 1.165) is 25.7 Å². The van der Waals surface area contributed by atoms with Gasteiger partial charge in [0.05, 0.1) is 22.9 Å². The lowest BCUT2D eigenvalue weighted by molar-refractivity contribution is -0.385. The number of hydrogen-bond donors (Lipinski definition) is 1. The van der Waals surface area contributed by atoms with Crippen LogP contribution in [0.4, 0.5) is 5.69 Å². The Hall–Kier alpha value is -2.39. The van der Waals surface area contributed by atoms with Crippen molar-refractivity contribution in [2.24, 2.45) is 5.73 Å². The Bertz CT molecular complexity index is 819. The summed E-state index contributed by atoms with van der Waals surface area (Å²) in [5.74, 6) is 1.63. The molecule has 2 N–H and O–H groups in total. The Balaban J connectivity index is 0.00000196. The summed E-state index contributed by atoms with van der Waals surface area (Å²) in [7, 11) is 0. The van der Waals surface area contributed by atoms with Crippen molar-refractivity contribution in [3.8, 4) is 11.5 Å². The zero-order chi connectivity index (χ0) is 17.4. The predicted octanol–water partition coefficient (Wildman–Crippen LogP) is 2.49. The minimum absolute atomic E-state index is 0. The minimum atomic E-state index is -0.555. The fraction of sp³-hybridized carbons (Fsp3) is 0.500. The van der Waals surface area contributed by atoms with Gasteiger partial charge in [-0.2, -0.15) is 4.98 Å². The molecule has 0 unspecified atom stereocenters. The van der Waals surface area contributed by atoms with Crippen LogP contribution in [0.15, 0.2) is 16.7 Å². The Morgan fingerprint density at radius 1 is 1.19 bits per heavy atom. The Morgan fingerprint density at radius 3 is 2.50 bits per heavy atom. The van der Waals surface area contributed by atoms with E-state index in [1.165, 1.54) is 6.07 Å². The van der Waals surface area contributed by atoms with E-state index in [0.29, 0.717) is 42.0 Å². The van der Waals surface area contributed by atoms with Crippen molar-refractivity contribution in [2.45, 2.75) is 37.6 Å². The summed E-state index contributed by atoms with van der Waals surface area (Å²) < 4.78 is 16.2. The molecule has 2 heterocycles. The number of hydrogen-bond acceptors (Lipinski definition) is 8. The molecule has 1 aliphatic heterocycles. The number of ether oxygens (including phenoxy) is 2. The van der Waals surface area contributed by atoms with E-state index >= 15 is 0 Å². The highest BCUT2D eigenvalue weighted by Gasteiger charge is 2.36. The third-order valence-electron chi connectivity index (χ3n) is 4.69. The van der Waals surface area contributed by atoms with Gasteiger partial charge < -0.3 is 19.7 Å². The second kappa shape index (κ2) is 7.08. The van der Waals surface area contributed by atoms with Gasteiger partial charge in [-0.15, -0.1) is 12.4 Å². The molecule has 0 atom stereocenters. The smallest absolute Gasteiger partial charge is 0.277 e. The van der Waals surface area contributed by atoms with Crippen molar-refractivity contribution in [2.75, 3.05) is 13.2 Å².